The summed E-state index contributed by atoms with van der Waals surface area (Å²) < 4.78 is 0. The van der Waals surface area contributed by atoms with Crippen LogP contribution in [-0.2, 0) is 0 Å². The second-order valence-corrected chi connectivity index (χ2v) is 2.78. The summed E-state index contributed by atoms with van der Waals surface area (Å²) in [6.45, 7) is 5.79. The summed E-state index contributed by atoms with van der Waals surface area (Å²) in [6.07, 6.45) is 1.86. The Morgan fingerprint density at radius 1 is 1.50 bits per heavy atom. The average molecular weight is 145 g/mol. The van der Waals surface area contributed by atoms with Crippen LogP contribution in [0.25, 0.3) is 6.08 Å². The van der Waals surface area contributed by atoms with Crippen LogP contribution in [0.2, 0.25) is 0 Å². The predicted octanol–water partition coefficient (Wildman–Crippen LogP) is 1.43. The van der Waals surface area contributed by atoms with Gasteiger partial charge in [-0.2, -0.15) is 0 Å². The third-order valence-corrected chi connectivity index (χ3v) is 1.96. The van der Waals surface area contributed by atoms with E-state index in [0.717, 1.165) is 5.19 Å². The van der Waals surface area contributed by atoms with Gasteiger partial charge in [-0.15, -0.1) is 0 Å². The fourth-order valence-corrected chi connectivity index (χ4v) is 1.35. The molecule has 0 saturated heterocycles. The van der Waals surface area contributed by atoms with Crippen molar-refractivity contribution in [3.63, 3.8) is 0 Å². The van der Waals surface area contributed by atoms with Crippen LogP contribution < -0.4 is 5.19 Å². The molecule has 0 spiro atoms. The lowest BCUT2D eigenvalue weighted by Crippen LogP contribution is -2.07. The number of hydrogen-bond acceptors (Lipinski definition) is 0. The standard InChI is InChI=1S/C9H9Si/c1-3-8-7(2)5-4-6-9(8)10/h3-6H,1H2,2H3. The molecule has 1 aromatic rings. The van der Waals surface area contributed by atoms with Gasteiger partial charge in [-0.05, 0) is 18.1 Å². The van der Waals surface area contributed by atoms with Gasteiger partial charge in [0.05, 0.1) is 10.2 Å². The van der Waals surface area contributed by atoms with Crippen LogP contribution in [0.5, 0.6) is 0 Å². The Balaban J connectivity index is 3.30. The molecule has 0 N–H and O–H groups in total. The molecule has 0 aliphatic rings. The van der Waals surface area contributed by atoms with E-state index in [2.05, 4.69) is 29.8 Å². The number of rotatable bonds is 1. The second kappa shape index (κ2) is 2.84. The third kappa shape index (κ3) is 1.19. The lowest BCUT2D eigenvalue weighted by atomic mass is 10.1. The van der Waals surface area contributed by atoms with Crippen molar-refractivity contribution in [3.05, 3.63) is 35.9 Å². The Hall–Kier alpha value is -0.823. The van der Waals surface area contributed by atoms with Crippen molar-refractivity contribution >= 4 is 21.5 Å². The molecule has 0 nitrogen and oxygen atoms in total. The van der Waals surface area contributed by atoms with Crippen molar-refractivity contribution in [2.75, 3.05) is 0 Å². The molecule has 0 saturated carbocycles. The van der Waals surface area contributed by atoms with Gasteiger partial charge in [-0.3, -0.25) is 0 Å². The summed E-state index contributed by atoms with van der Waals surface area (Å²) in [7, 11) is 3.49. The van der Waals surface area contributed by atoms with Crippen molar-refractivity contribution in [2.45, 2.75) is 6.92 Å². The maximum Gasteiger partial charge on any atom is 0.0720 e. The van der Waals surface area contributed by atoms with E-state index in [4.69, 9.17) is 0 Å². The molecule has 10 heavy (non-hydrogen) atoms. The van der Waals surface area contributed by atoms with Crippen LogP contribution in [0, 0.1) is 6.92 Å². The van der Waals surface area contributed by atoms with E-state index in [1.54, 1.807) is 0 Å². The molecule has 0 aliphatic carbocycles. The summed E-state index contributed by atoms with van der Waals surface area (Å²) in [5.74, 6) is 0. The minimum absolute atomic E-state index is 1.11. The third-order valence-electron chi connectivity index (χ3n) is 1.53. The first-order valence-electron chi connectivity index (χ1n) is 3.19. The molecule has 1 heteroatoms. The van der Waals surface area contributed by atoms with Crippen LogP contribution in [0.4, 0.5) is 0 Å². The first kappa shape index (κ1) is 7.29. The molecule has 0 amide bonds. The maximum absolute atomic E-state index is 3.72. The Morgan fingerprint density at radius 2 is 2.20 bits per heavy atom. The Bertz CT molecular complexity index is 231. The average Bonchev–Trinajstić information content (AvgIpc) is 1.88. The predicted molar refractivity (Wildman–Crippen MR) is 46.7 cm³/mol. The van der Waals surface area contributed by atoms with Crippen LogP contribution in [0.15, 0.2) is 24.8 Å². The van der Waals surface area contributed by atoms with E-state index in [1.165, 1.54) is 11.1 Å². The molecule has 49 valence electrons. The van der Waals surface area contributed by atoms with Gasteiger partial charge < -0.3 is 0 Å². The molecule has 1 aromatic carbocycles. The molecule has 0 aliphatic heterocycles. The van der Waals surface area contributed by atoms with E-state index in [9.17, 15) is 0 Å². The van der Waals surface area contributed by atoms with E-state index in [0.29, 0.717) is 0 Å². The molecule has 0 bridgehead atoms. The minimum atomic E-state index is 1.11. The number of benzene rings is 1. The normalized spacial score (nSPS) is 9.40. The lowest BCUT2D eigenvalue weighted by molar-refractivity contribution is 1.47. The van der Waals surface area contributed by atoms with Crippen molar-refractivity contribution in [1.82, 2.24) is 0 Å². The molecule has 0 unspecified atom stereocenters. The molecular formula is C9H9Si. The van der Waals surface area contributed by atoms with Crippen LogP contribution in [-0.4, -0.2) is 10.2 Å². The summed E-state index contributed by atoms with van der Waals surface area (Å²) in [5.41, 5.74) is 2.43. The smallest absolute Gasteiger partial charge is 0.0720 e. The monoisotopic (exact) mass is 145 g/mol. The summed E-state index contributed by atoms with van der Waals surface area (Å²) in [6, 6.07) is 6.10. The largest absolute Gasteiger partial charge is 0.0985 e. The maximum atomic E-state index is 3.72. The van der Waals surface area contributed by atoms with Gasteiger partial charge in [0.15, 0.2) is 0 Å². The van der Waals surface area contributed by atoms with Crippen molar-refractivity contribution in [3.8, 4) is 0 Å². The molecule has 0 heterocycles. The van der Waals surface area contributed by atoms with Crippen LogP contribution in [0.1, 0.15) is 11.1 Å². The Labute approximate surface area is 65.0 Å². The van der Waals surface area contributed by atoms with Gasteiger partial charge in [-0.25, -0.2) is 0 Å². The topological polar surface area (TPSA) is 0 Å². The van der Waals surface area contributed by atoms with Crippen molar-refractivity contribution in [1.29, 1.82) is 0 Å². The molecule has 0 atom stereocenters. The minimum Gasteiger partial charge on any atom is -0.0985 e. The Kier molecular flexibility index (Phi) is 2.07. The van der Waals surface area contributed by atoms with Gasteiger partial charge in [0, 0.05) is 0 Å². The van der Waals surface area contributed by atoms with Crippen LogP contribution in [0.3, 0.4) is 0 Å². The van der Waals surface area contributed by atoms with Gasteiger partial charge >= 0.3 is 0 Å². The highest BCUT2D eigenvalue weighted by Crippen LogP contribution is 2.03. The fraction of sp³-hybridized carbons (Fsp3) is 0.111. The van der Waals surface area contributed by atoms with E-state index in [-0.39, 0.29) is 0 Å². The van der Waals surface area contributed by atoms with Crippen molar-refractivity contribution < 1.29 is 0 Å². The van der Waals surface area contributed by atoms with E-state index >= 15 is 0 Å². The second-order valence-electron chi connectivity index (χ2n) is 2.24. The van der Waals surface area contributed by atoms with Crippen LogP contribution >= 0.6 is 0 Å². The first-order chi connectivity index (χ1) is 4.75. The summed E-state index contributed by atoms with van der Waals surface area (Å²) in [5, 5.41) is 1.11. The van der Waals surface area contributed by atoms with Gasteiger partial charge in [0.1, 0.15) is 0 Å². The summed E-state index contributed by atoms with van der Waals surface area (Å²) >= 11 is 0. The quantitative estimate of drug-likeness (QED) is 0.524. The SMILES string of the molecule is C=Cc1c(C)cccc1[Si]. The highest BCUT2D eigenvalue weighted by atomic mass is 28.1. The van der Waals surface area contributed by atoms with Gasteiger partial charge in [-0.1, -0.05) is 36.0 Å². The molecule has 1 rings (SSSR count). The zero-order valence-electron chi connectivity index (χ0n) is 6.02. The Morgan fingerprint density at radius 3 is 2.60 bits per heavy atom. The zero-order valence-corrected chi connectivity index (χ0v) is 7.02. The fourth-order valence-electron chi connectivity index (χ4n) is 0.952. The molecule has 0 fully saturated rings. The van der Waals surface area contributed by atoms with Gasteiger partial charge in [0.2, 0.25) is 0 Å². The van der Waals surface area contributed by atoms with Crippen molar-refractivity contribution in [2.24, 2.45) is 0 Å². The lowest BCUT2D eigenvalue weighted by Gasteiger charge is -2.02. The highest BCUT2D eigenvalue weighted by molar-refractivity contribution is 6.34. The first-order valence-corrected chi connectivity index (χ1v) is 3.69. The summed E-state index contributed by atoms with van der Waals surface area (Å²) in [4.78, 5) is 0. The zero-order chi connectivity index (χ0) is 7.56. The number of aryl methyl sites for hydroxylation is 1. The molecule has 0 aromatic heterocycles. The van der Waals surface area contributed by atoms with Gasteiger partial charge in [0.25, 0.3) is 0 Å². The molecular weight excluding hydrogens is 136 g/mol. The molecule has 3 radical (unpaired) electrons. The highest BCUT2D eigenvalue weighted by Gasteiger charge is 1.94. The van der Waals surface area contributed by atoms with E-state index < -0.39 is 0 Å². The number of hydrogen-bond donors (Lipinski definition) is 0. The van der Waals surface area contributed by atoms with E-state index in [1.807, 2.05) is 18.2 Å².